The van der Waals surface area contributed by atoms with Crippen molar-refractivity contribution >= 4 is 23.4 Å². The Morgan fingerprint density at radius 1 is 1.10 bits per heavy atom. The lowest BCUT2D eigenvalue weighted by atomic mass is 10.1. The largest absolute Gasteiger partial charge is 0.321 e. The summed E-state index contributed by atoms with van der Waals surface area (Å²) in [5.41, 5.74) is 1.76. The smallest absolute Gasteiger partial charge is 0.288 e. The number of aryl methyl sites for hydroxylation is 1. The molecule has 0 saturated heterocycles. The third kappa shape index (κ3) is 3.57. The molecule has 0 aliphatic heterocycles. The zero-order valence-corrected chi connectivity index (χ0v) is 11.6. The van der Waals surface area contributed by atoms with Gasteiger partial charge in [-0.3, -0.25) is 4.79 Å². The van der Waals surface area contributed by atoms with Gasteiger partial charge in [-0.15, -0.1) is 0 Å². The van der Waals surface area contributed by atoms with Crippen molar-refractivity contribution in [2.75, 3.05) is 5.32 Å². The summed E-state index contributed by atoms with van der Waals surface area (Å²) < 4.78 is 25.0. The first-order chi connectivity index (χ1) is 9.58. The van der Waals surface area contributed by atoms with Gasteiger partial charge in [0.15, 0.2) is 0 Å². The molecule has 0 heterocycles. The molecule has 5 heteroatoms. The first kappa shape index (κ1) is 14.5. The maximum Gasteiger partial charge on any atom is 0.288 e. The van der Waals surface area contributed by atoms with Gasteiger partial charge >= 0.3 is 0 Å². The molecule has 104 valence electrons. The van der Waals surface area contributed by atoms with E-state index in [4.69, 9.17) is 0 Å². The summed E-state index contributed by atoms with van der Waals surface area (Å²) in [6.07, 6.45) is 0. The lowest BCUT2D eigenvalue weighted by molar-refractivity contribution is 0.102. The van der Waals surface area contributed by atoms with Crippen LogP contribution in [0.25, 0.3) is 0 Å². The van der Waals surface area contributed by atoms with Crippen molar-refractivity contribution in [3.8, 4) is 0 Å². The third-order valence-corrected chi connectivity index (χ3v) is 3.53. The average Bonchev–Trinajstić information content (AvgIpc) is 2.41. The Hall–Kier alpha value is -1.88. The second kappa shape index (κ2) is 6.52. The van der Waals surface area contributed by atoms with Crippen LogP contribution >= 0.6 is 11.8 Å². The summed E-state index contributed by atoms with van der Waals surface area (Å²) in [5, 5.41) is 2.68. The molecule has 0 spiro atoms. The Labute approximate surface area is 120 Å². The summed E-state index contributed by atoms with van der Waals surface area (Å²) in [5.74, 6) is -2.82. The Balaban J connectivity index is 2.22. The summed E-state index contributed by atoms with van der Waals surface area (Å²) in [7, 11) is 0. The van der Waals surface area contributed by atoms with Crippen LogP contribution in [0.15, 0.2) is 53.4 Å². The van der Waals surface area contributed by atoms with Crippen LogP contribution < -0.4 is 5.32 Å². The average molecular weight is 293 g/mol. The molecule has 20 heavy (non-hydrogen) atoms. The van der Waals surface area contributed by atoms with Crippen LogP contribution in [0.3, 0.4) is 0 Å². The topological polar surface area (TPSA) is 29.1 Å². The molecule has 2 aromatic rings. The van der Waals surface area contributed by atoms with Crippen LogP contribution in [0, 0.1) is 6.92 Å². The van der Waals surface area contributed by atoms with E-state index in [0.717, 1.165) is 5.56 Å². The number of halogens is 2. The Morgan fingerprint density at radius 2 is 1.75 bits per heavy atom. The highest BCUT2D eigenvalue weighted by molar-refractivity contribution is 7.99. The minimum Gasteiger partial charge on any atom is -0.321 e. The monoisotopic (exact) mass is 293 g/mol. The van der Waals surface area contributed by atoms with E-state index in [9.17, 15) is 13.6 Å². The van der Waals surface area contributed by atoms with Crippen molar-refractivity contribution < 1.29 is 13.6 Å². The van der Waals surface area contributed by atoms with Crippen LogP contribution in [0.5, 0.6) is 0 Å². The number of hydrogen-bond donors (Lipinski definition) is 1. The van der Waals surface area contributed by atoms with Crippen molar-refractivity contribution in [3.63, 3.8) is 0 Å². The lowest BCUT2D eigenvalue weighted by Gasteiger charge is -2.11. The number of thioether (sulfide) groups is 1. The second-order valence-electron chi connectivity index (χ2n) is 4.14. The standard InChI is InChI=1S/C15H13F2NOS/c1-10-6-2-3-7-11(10)14(19)18-12-8-4-5-9-13(12)20-15(16)17/h2-9,15H,1H3,(H,18,19). The van der Waals surface area contributed by atoms with Gasteiger partial charge in [-0.2, -0.15) is 8.78 Å². The first-order valence-corrected chi connectivity index (χ1v) is 6.86. The third-order valence-electron chi connectivity index (χ3n) is 2.74. The number of hydrogen-bond acceptors (Lipinski definition) is 2. The van der Waals surface area contributed by atoms with Crippen LogP contribution in [-0.2, 0) is 0 Å². The number of rotatable bonds is 4. The Morgan fingerprint density at radius 3 is 2.45 bits per heavy atom. The SMILES string of the molecule is Cc1ccccc1C(=O)Nc1ccccc1SC(F)F. The minimum absolute atomic E-state index is 0.301. The zero-order chi connectivity index (χ0) is 14.5. The molecule has 2 rings (SSSR count). The fourth-order valence-corrected chi connectivity index (χ4v) is 2.38. The van der Waals surface area contributed by atoms with Gasteiger partial charge in [0, 0.05) is 10.5 Å². The molecule has 0 aliphatic carbocycles. The Bertz CT molecular complexity index is 616. The predicted molar refractivity (Wildman–Crippen MR) is 77.4 cm³/mol. The first-order valence-electron chi connectivity index (χ1n) is 5.99. The Kier molecular flexibility index (Phi) is 4.74. The fraction of sp³-hybridized carbons (Fsp3) is 0.133. The highest BCUT2D eigenvalue weighted by atomic mass is 32.2. The van der Waals surface area contributed by atoms with Crippen molar-refractivity contribution in [3.05, 3.63) is 59.7 Å². The molecule has 0 radical (unpaired) electrons. The van der Waals surface area contributed by atoms with Gasteiger partial charge in [0.1, 0.15) is 0 Å². The highest BCUT2D eigenvalue weighted by Crippen LogP contribution is 2.31. The molecule has 0 saturated carbocycles. The molecule has 1 amide bonds. The van der Waals surface area contributed by atoms with Gasteiger partial charge in [-0.05, 0) is 30.7 Å². The molecular weight excluding hydrogens is 280 g/mol. The number of amides is 1. The predicted octanol–water partition coefficient (Wildman–Crippen LogP) is 4.56. The van der Waals surface area contributed by atoms with Crippen molar-refractivity contribution in [2.45, 2.75) is 17.6 Å². The van der Waals surface area contributed by atoms with E-state index in [0.29, 0.717) is 27.9 Å². The molecule has 0 aromatic heterocycles. The van der Waals surface area contributed by atoms with E-state index in [2.05, 4.69) is 5.32 Å². The van der Waals surface area contributed by atoms with Gasteiger partial charge < -0.3 is 5.32 Å². The molecule has 0 unspecified atom stereocenters. The molecule has 2 nitrogen and oxygen atoms in total. The molecule has 1 N–H and O–H groups in total. The van der Waals surface area contributed by atoms with Crippen molar-refractivity contribution in [1.82, 2.24) is 0 Å². The van der Waals surface area contributed by atoms with Gasteiger partial charge in [0.05, 0.1) is 5.69 Å². The van der Waals surface area contributed by atoms with Gasteiger partial charge in [0.2, 0.25) is 0 Å². The number of benzene rings is 2. The van der Waals surface area contributed by atoms with Crippen LogP contribution in [0.1, 0.15) is 15.9 Å². The number of alkyl halides is 2. The van der Waals surface area contributed by atoms with Crippen molar-refractivity contribution in [1.29, 1.82) is 0 Å². The molecule has 0 fully saturated rings. The van der Waals surface area contributed by atoms with Gasteiger partial charge in [0.25, 0.3) is 11.7 Å². The van der Waals surface area contributed by atoms with Gasteiger partial charge in [-0.1, -0.05) is 42.1 Å². The maximum absolute atomic E-state index is 12.5. The number of carbonyl (C=O) groups excluding carboxylic acids is 1. The molecular formula is C15H13F2NOS. The summed E-state index contributed by atoms with van der Waals surface area (Å²) in [6, 6.07) is 13.7. The lowest BCUT2D eigenvalue weighted by Crippen LogP contribution is -2.13. The molecule has 0 atom stereocenters. The quantitative estimate of drug-likeness (QED) is 0.837. The second-order valence-corrected chi connectivity index (χ2v) is 5.18. The van der Waals surface area contributed by atoms with Gasteiger partial charge in [-0.25, -0.2) is 0 Å². The minimum atomic E-state index is -2.52. The van der Waals surface area contributed by atoms with Crippen LogP contribution in [0.4, 0.5) is 14.5 Å². The summed E-state index contributed by atoms with van der Waals surface area (Å²) >= 11 is 0.418. The van der Waals surface area contributed by atoms with E-state index in [1.165, 1.54) is 0 Å². The van der Waals surface area contributed by atoms with Crippen LogP contribution in [0.2, 0.25) is 0 Å². The van der Waals surface area contributed by atoms with E-state index in [1.807, 2.05) is 19.1 Å². The van der Waals surface area contributed by atoms with E-state index < -0.39 is 5.76 Å². The molecule has 0 aliphatic rings. The molecule has 2 aromatic carbocycles. The number of para-hydroxylation sites is 1. The summed E-state index contributed by atoms with van der Waals surface area (Å²) in [4.78, 5) is 12.5. The fourth-order valence-electron chi connectivity index (χ4n) is 1.79. The van der Waals surface area contributed by atoms with E-state index in [-0.39, 0.29) is 5.91 Å². The maximum atomic E-state index is 12.5. The van der Waals surface area contributed by atoms with Crippen LogP contribution in [-0.4, -0.2) is 11.7 Å². The normalized spacial score (nSPS) is 10.6. The number of anilines is 1. The summed E-state index contributed by atoms with van der Waals surface area (Å²) in [6.45, 7) is 1.83. The van der Waals surface area contributed by atoms with E-state index in [1.54, 1.807) is 36.4 Å². The highest BCUT2D eigenvalue weighted by Gasteiger charge is 2.13. The number of carbonyl (C=O) groups is 1. The van der Waals surface area contributed by atoms with Crippen molar-refractivity contribution in [2.24, 2.45) is 0 Å². The van der Waals surface area contributed by atoms with E-state index >= 15 is 0 Å². The zero-order valence-electron chi connectivity index (χ0n) is 10.8. The number of nitrogens with one attached hydrogen (secondary N) is 1. The molecule has 0 bridgehead atoms.